The standard InChI is InChI=1S/C15H21NO/c1-11-6-7-14(13(3)9-11)15(17)16-8-4-5-12(2)10-16/h6-7,9,12H,4-5,8,10H2,1-3H3/t12-/m1/s1. The molecule has 1 amide bonds. The quantitative estimate of drug-likeness (QED) is 0.727. The molecule has 0 spiro atoms. The molecule has 0 radical (unpaired) electrons. The van der Waals surface area contributed by atoms with Gasteiger partial charge >= 0.3 is 0 Å². The molecule has 1 fully saturated rings. The summed E-state index contributed by atoms with van der Waals surface area (Å²) >= 11 is 0. The zero-order chi connectivity index (χ0) is 12.4. The first kappa shape index (κ1) is 12.2. The van der Waals surface area contributed by atoms with E-state index in [-0.39, 0.29) is 5.91 Å². The molecule has 0 saturated carbocycles. The Morgan fingerprint density at radius 1 is 1.35 bits per heavy atom. The van der Waals surface area contributed by atoms with Gasteiger partial charge in [0, 0.05) is 18.7 Å². The summed E-state index contributed by atoms with van der Waals surface area (Å²) in [5.41, 5.74) is 3.17. The number of rotatable bonds is 1. The number of carbonyl (C=O) groups is 1. The zero-order valence-electron chi connectivity index (χ0n) is 11.0. The largest absolute Gasteiger partial charge is 0.338 e. The van der Waals surface area contributed by atoms with Crippen molar-refractivity contribution in [3.8, 4) is 0 Å². The lowest BCUT2D eigenvalue weighted by Gasteiger charge is -2.31. The molecule has 0 aromatic heterocycles. The first-order valence-electron chi connectivity index (χ1n) is 6.44. The highest BCUT2D eigenvalue weighted by Crippen LogP contribution is 2.19. The zero-order valence-corrected chi connectivity index (χ0v) is 11.0. The highest BCUT2D eigenvalue weighted by molar-refractivity contribution is 5.95. The molecular weight excluding hydrogens is 210 g/mol. The van der Waals surface area contributed by atoms with Crippen LogP contribution in [0.5, 0.6) is 0 Å². The second kappa shape index (κ2) is 4.91. The molecular formula is C15H21NO. The predicted octanol–water partition coefficient (Wildman–Crippen LogP) is 3.18. The van der Waals surface area contributed by atoms with Gasteiger partial charge < -0.3 is 4.90 Å². The molecule has 2 heteroatoms. The Kier molecular flexibility index (Phi) is 3.51. The first-order valence-corrected chi connectivity index (χ1v) is 6.44. The Bertz CT molecular complexity index is 425. The topological polar surface area (TPSA) is 20.3 Å². The van der Waals surface area contributed by atoms with E-state index in [9.17, 15) is 4.79 Å². The van der Waals surface area contributed by atoms with E-state index in [1.54, 1.807) is 0 Å². The van der Waals surface area contributed by atoms with Crippen LogP contribution in [0.4, 0.5) is 0 Å². The van der Waals surface area contributed by atoms with Crippen molar-refractivity contribution in [1.29, 1.82) is 0 Å². The Balaban J connectivity index is 2.18. The van der Waals surface area contributed by atoms with Gasteiger partial charge in [-0.05, 0) is 44.2 Å². The van der Waals surface area contributed by atoms with E-state index >= 15 is 0 Å². The van der Waals surface area contributed by atoms with Crippen LogP contribution in [0, 0.1) is 19.8 Å². The molecule has 1 aromatic carbocycles. The van der Waals surface area contributed by atoms with E-state index in [4.69, 9.17) is 0 Å². The van der Waals surface area contributed by atoms with E-state index in [0.717, 1.165) is 30.6 Å². The number of hydrogen-bond donors (Lipinski definition) is 0. The fourth-order valence-corrected chi connectivity index (χ4v) is 2.60. The SMILES string of the molecule is Cc1ccc(C(=O)N2CCC[C@@H](C)C2)c(C)c1. The molecule has 2 nitrogen and oxygen atoms in total. The van der Waals surface area contributed by atoms with E-state index in [1.807, 2.05) is 24.0 Å². The van der Waals surface area contributed by atoms with Gasteiger partial charge in [0.05, 0.1) is 0 Å². The van der Waals surface area contributed by atoms with Gasteiger partial charge in [-0.15, -0.1) is 0 Å². The summed E-state index contributed by atoms with van der Waals surface area (Å²) in [5, 5.41) is 0. The molecule has 1 aliphatic heterocycles. The lowest BCUT2D eigenvalue weighted by Crippen LogP contribution is -2.39. The highest BCUT2D eigenvalue weighted by atomic mass is 16.2. The van der Waals surface area contributed by atoms with Crippen LogP contribution in [-0.4, -0.2) is 23.9 Å². The molecule has 92 valence electrons. The smallest absolute Gasteiger partial charge is 0.254 e. The molecule has 1 heterocycles. The minimum absolute atomic E-state index is 0.203. The number of piperidine rings is 1. The number of aryl methyl sites for hydroxylation is 2. The van der Waals surface area contributed by atoms with Crippen LogP contribution in [0.1, 0.15) is 41.3 Å². The van der Waals surface area contributed by atoms with Crippen LogP contribution < -0.4 is 0 Å². The molecule has 0 N–H and O–H groups in total. The minimum Gasteiger partial charge on any atom is -0.338 e. The molecule has 2 rings (SSSR count). The fourth-order valence-electron chi connectivity index (χ4n) is 2.60. The Hall–Kier alpha value is -1.31. The van der Waals surface area contributed by atoms with Crippen LogP contribution in [0.2, 0.25) is 0 Å². The predicted molar refractivity (Wildman–Crippen MR) is 70.2 cm³/mol. The summed E-state index contributed by atoms with van der Waals surface area (Å²) in [6.07, 6.45) is 2.38. The molecule has 0 bridgehead atoms. The number of nitrogens with zero attached hydrogens (tertiary/aromatic N) is 1. The second-order valence-electron chi connectivity index (χ2n) is 5.32. The average Bonchev–Trinajstić information content (AvgIpc) is 2.28. The third-order valence-electron chi connectivity index (χ3n) is 3.56. The number of likely N-dealkylation sites (tertiary alicyclic amines) is 1. The fraction of sp³-hybridized carbons (Fsp3) is 0.533. The van der Waals surface area contributed by atoms with E-state index in [0.29, 0.717) is 5.92 Å². The molecule has 1 aromatic rings. The monoisotopic (exact) mass is 231 g/mol. The summed E-state index contributed by atoms with van der Waals surface area (Å²) in [4.78, 5) is 14.4. The van der Waals surface area contributed by atoms with Crippen molar-refractivity contribution >= 4 is 5.91 Å². The van der Waals surface area contributed by atoms with Gasteiger partial charge in [0.2, 0.25) is 0 Å². The van der Waals surface area contributed by atoms with Gasteiger partial charge in [0.15, 0.2) is 0 Å². The van der Waals surface area contributed by atoms with Crippen molar-refractivity contribution in [2.45, 2.75) is 33.6 Å². The van der Waals surface area contributed by atoms with Crippen LogP contribution in [-0.2, 0) is 0 Å². The highest BCUT2D eigenvalue weighted by Gasteiger charge is 2.22. The molecule has 1 atom stereocenters. The number of hydrogen-bond acceptors (Lipinski definition) is 1. The van der Waals surface area contributed by atoms with Crippen molar-refractivity contribution in [2.24, 2.45) is 5.92 Å². The van der Waals surface area contributed by atoms with Crippen molar-refractivity contribution < 1.29 is 4.79 Å². The third kappa shape index (κ3) is 2.68. The molecule has 1 saturated heterocycles. The van der Waals surface area contributed by atoms with Crippen LogP contribution in [0.25, 0.3) is 0 Å². The first-order chi connectivity index (χ1) is 8.08. The number of benzene rings is 1. The van der Waals surface area contributed by atoms with Crippen molar-refractivity contribution in [3.05, 3.63) is 34.9 Å². The van der Waals surface area contributed by atoms with Crippen LogP contribution in [0.15, 0.2) is 18.2 Å². The van der Waals surface area contributed by atoms with E-state index < -0.39 is 0 Å². The van der Waals surface area contributed by atoms with E-state index in [2.05, 4.69) is 19.9 Å². The van der Waals surface area contributed by atoms with Crippen molar-refractivity contribution in [3.63, 3.8) is 0 Å². The van der Waals surface area contributed by atoms with Crippen molar-refractivity contribution in [1.82, 2.24) is 4.90 Å². The number of amides is 1. The van der Waals surface area contributed by atoms with Gasteiger partial charge in [0.25, 0.3) is 5.91 Å². The molecule has 1 aliphatic rings. The maximum atomic E-state index is 12.4. The Morgan fingerprint density at radius 3 is 2.76 bits per heavy atom. The van der Waals surface area contributed by atoms with Crippen LogP contribution >= 0.6 is 0 Å². The maximum absolute atomic E-state index is 12.4. The van der Waals surface area contributed by atoms with Crippen LogP contribution in [0.3, 0.4) is 0 Å². The van der Waals surface area contributed by atoms with Gasteiger partial charge in [-0.3, -0.25) is 4.79 Å². The Morgan fingerprint density at radius 2 is 2.12 bits per heavy atom. The molecule has 0 unspecified atom stereocenters. The summed E-state index contributed by atoms with van der Waals surface area (Å²) in [7, 11) is 0. The lowest BCUT2D eigenvalue weighted by atomic mass is 9.98. The van der Waals surface area contributed by atoms with E-state index in [1.165, 1.54) is 12.0 Å². The molecule has 17 heavy (non-hydrogen) atoms. The Labute approximate surface area is 104 Å². The normalized spacial score (nSPS) is 20.4. The maximum Gasteiger partial charge on any atom is 0.254 e. The third-order valence-corrected chi connectivity index (χ3v) is 3.56. The second-order valence-corrected chi connectivity index (χ2v) is 5.32. The summed E-state index contributed by atoms with van der Waals surface area (Å²) in [6.45, 7) is 8.13. The van der Waals surface area contributed by atoms with Crippen molar-refractivity contribution in [2.75, 3.05) is 13.1 Å². The van der Waals surface area contributed by atoms with Gasteiger partial charge in [-0.1, -0.05) is 24.6 Å². The van der Waals surface area contributed by atoms with Gasteiger partial charge in [-0.2, -0.15) is 0 Å². The lowest BCUT2D eigenvalue weighted by molar-refractivity contribution is 0.0682. The number of carbonyl (C=O) groups excluding carboxylic acids is 1. The summed E-state index contributed by atoms with van der Waals surface area (Å²) in [5.74, 6) is 0.840. The van der Waals surface area contributed by atoms with Gasteiger partial charge in [0.1, 0.15) is 0 Å². The minimum atomic E-state index is 0.203. The average molecular weight is 231 g/mol. The molecule has 0 aliphatic carbocycles. The summed E-state index contributed by atoms with van der Waals surface area (Å²) in [6, 6.07) is 6.07. The summed E-state index contributed by atoms with van der Waals surface area (Å²) < 4.78 is 0. The van der Waals surface area contributed by atoms with Gasteiger partial charge in [-0.25, -0.2) is 0 Å².